The van der Waals surface area contributed by atoms with E-state index in [-0.39, 0.29) is 5.75 Å². The normalized spacial score (nSPS) is 15.1. The molecule has 1 aliphatic carbocycles. The lowest BCUT2D eigenvalue weighted by Gasteiger charge is -2.04. The lowest BCUT2D eigenvalue weighted by Crippen LogP contribution is -1.93. The van der Waals surface area contributed by atoms with Gasteiger partial charge in [0.05, 0.1) is 19.0 Å². The third kappa shape index (κ3) is 3.10. The van der Waals surface area contributed by atoms with Gasteiger partial charge < -0.3 is 9.84 Å². The molecule has 19 heavy (non-hydrogen) atoms. The minimum Gasteiger partial charge on any atom is -0.504 e. The van der Waals surface area contributed by atoms with Gasteiger partial charge in [-0.2, -0.15) is 10.2 Å². The summed E-state index contributed by atoms with van der Waals surface area (Å²) >= 11 is 0. The van der Waals surface area contributed by atoms with Crippen LogP contribution in [0.25, 0.3) is 0 Å². The van der Waals surface area contributed by atoms with E-state index in [9.17, 15) is 5.11 Å². The van der Waals surface area contributed by atoms with E-state index in [0.29, 0.717) is 11.3 Å². The molecule has 0 heterocycles. The molecule has 1 aliphatic rings. The maximum atomic E-state index is 9.88. The van der Waals surface area contributed by atoms with Crippen molar-refractivity contribution in [3.63, 3.8) is 0 Å². The topological polar surface area (TPSA) is 54.2 Å². The van der Waals surface area contributed by atoms with Crippen LogP contribution < -0.4 is 4.74 Å². The number of ether oxygens (including phenoxy) is 1. The number of hydrogen-bond donors (Lipinski definition) is 1. The van der Waals surface area contributed by atoms with Crippen LogP contribution in [0.4, 0.5) is 0 Å². The minimum atomic E-state index is 0.0725. The van der Waals surface area contributed by atoms with Crippen LogP contribution in [0.2, 0.25) is 0 Å². The zero-order valence-electron chi connectivity index (χ0n) is 11.0. The van der Waals surface area contributed by atoms with Crippen LogP contribution >= 0.6 is 0 Å². The molecule has 4 heteroatoms. The highest BCUT2D eigenvalue weighted by molar-refractivity contribution is 5.99. The summed E-state index contributed by atoms with van der Waals surface area (Å²) in [5.74, 6) is 0.496. The Morgan fingerprint density at radius 3 is 2.95 bits per heavy atom. The molecule has 0 spiro atoms. The zero-order valence-corrected chi connectivity index (χ0v) is 11.0. The number of methoxy groups -OCH3 is 1. The Bertz CT molecular complexity index is 584. The van der Waals surface area contributed by atoms with Gasteiger partial charge in [0.1, 0.15) is 0 Å². The number of aromatic hydroxyl groups is 1. The summed E-state index contributed by atoms with van der Waals surface area (Å²) in [6, 6.07) is 5.23. The maximum Gasteiger partial charge on any atom is 0.166 e. The summed E-state index contributed by atoms with van der Waals surface area (Å²) in [7, 11) is 1.51. The van der Waals surface area contributed by atoms with E-state index in [4.69, 9.17) is 4.74 Å². The monoisotopic (exact) mass is 256 g/mol. The number of phenols is 1. The van der Waals surface area contributed by atoms with Crippen LogP contribution in [0.1, 0.15) is 18.9 Å². The third-order valence-electron chi connectivity index (χ3n) is 2.89. The van der Waals surface area contributed by atoms with Crippen LogP contribution in [0.15, 0.2) is 52.2 Å². The highest BCUT2D eigenvalue weighted by atomic mass is 16.5. The molecule has 1 N–H and O–H groups in total. The van der Waals surface area contributed by atoms with E-state index in [1.54, 1.807) is 18.2 Å². The highest BCUT2D eigenvalue weighted by Gasteiger charge is 2.05. The summed E-state index contributed by atoms with van der Waals surface area (Å²) in [6.07, 6.45) is 8.52. The van der Waals surface area contributed by atoms with Crippen LogP contribution in [0, 0.1) is 0 Å². The van der Waals surface area contributed by atoms with Crippen LogP contribution in [-0.2, 0) is 0 Å². The first-order valence-corrected chi connectivity index (χ1v) is 6.02. The average molecular weight is 256 g/mol. The van der Waals surface area contributed by atoms with E-state index in [0.717, 1.165) is 17.7 Å². The van der Waals surface area contributed by atoms with Gasteiger partial charge in [-0.1, -0.05) is 24.3 Å². The van der Waals surface area contributed by atoms with Crippen molar-refractivity contribution in [2.75, 3.05) is 7.11 Å². The summed E-state index contributed by atoms with van der Waals surface area (Å²) in [5.41, 5.74) is 2.62. The second-order valence-electron chi connectivity index (χ2n) is 4.15. The fourth-order valence-corrected chi connectivity index (χ4v) is 1.77. The predicted octanol–water partition coefficient (Wildman–Crippen LogP) is 3.08. The van der Waals surface area contributed by atoms with Crippen LogP contribution in [0.5, 0.6) is 11.5 Å². The molecule has 1 aromatic carbocycles. The Morgan fingerprint density at radius 1 is 1.42 bits per heavy atom. The van der Waals surface area contributed by atoms with Crippen molar-refractivity contribution in [2.45, 2.75) is 13.3 Å². The molecule has 0 saturated carbocycles. The Balaban J connectivity index is 2.13. The van der Waals surface area contributed by atoms with E-state index < -0.39 is 0 Å². The summed E-state index contributed by atoms with van der Waals surface area (Å²) in [4.78, 5) is 0. The molecule has 0 amide bonds. The van der Waals surface area contributed by atoms with Gasteiger partial charge in [0.2, 0.25) is 0 Å². The first-order valence-electron chi connectivity index (χ1n) is 6.02. The van der Waals surface area contributed by atoms with Gasteiger partial charge in [-0.3, -0.25) is 0 Å². The van der Waals surface area contributed by atoms with E-state index in [1.807, 2.05) is 19.1 Å². The number of benzene rings is 1. The molecule has 1 aromatic rings. The molecule has 0 bridgehead atoms. The fraction of sp³-hybridized carbons (Fsp3) is 0.200. The molecule has 4 nitrogen and oxygen atoms in total. The lowest BCUT2D eigenvalue weighted by atomic mass is 10.1. The first kappa shape index (κ1) is 13.1. The van der Waals surface area contributed by atoms with Crippen molar-refractivity contribution in [1.82, 2.24) is 0 Å². The zero-order chi connectivity index (χ0) is 13.7. The largest absolute Gasteiger partial charge is 0.504 e. The van der Waals surface area contributed by atoms with Crippen molar-refractivity contribution in [3.05, 3.63) is 47.6 Å². The second kappa shape index (κ2) is 6.00. The number of para-hydroxylation sites is 1. The standard InChI is InChI=1S/C15H16N2O2/c1-11(12-6-3-4-7-12)17-16-10-13-8-5-9-14(19-2)15(13)18/h3-6,8-10,18H,7H2,1-2H3/b16-10+,17-11+. The number of hydrogen-bond acceptors (Lipinski definition) is 4. The Hall–Kier alpha value is -2.36. The van der Waals surface area contributed by atoms with Gasteiger partial charge in [0, 0.05) is 5.56 Å². The van der Waals surface area contributed by atoms with Gasteiger partial charge in [0.15, 0.2) is 11.5 Å². The van der Waals surface area contributed by atoms with Crippen molar-refractivity contribution in [1.29, 1.82) is 0 Å². The maximum absolute atomic E-state index is 9.88. The van der Waals surface area contributed by atoms with Gasteiger partial charge >= 0.3 is 0 Å². The van der Waals surface area contributed by atoms with Crippen molar-refractivity contribution in [3.8, 4) is 11.5 Å². The third-order valence-corrected chi connectivity index (χ3v) is 2.89. The molecular formula is C15H16N2O2. The smallest absolute Gasteiger partial charge is 0.166 e. The molecule has 0 atom stereocenters. The number of rotatable bonds is 4. The lowest BCUT2D eigenvalue weighted by molar-refractivity contribution is 0.373. The summed E-state index contributed by atoms with van der Waals surface area (Å²) in [6.45, 7) is 1.92. The van der Waals surface area contributed by atoms with Crippen LogP contribution in [-0.4, -0.2) is 24.1 Å². The molecule has 0 fully saturated rings. The number of allylic oxidation sites excluding steroid dienone is 4. The number of phenolic OH excluding ortho intramolecular Hbond substituents is 1. The van der Waals surface area contributed by atoms with E-state index in [1.165, 1.54) is 13.3 Å². The Labute approximate surface area is 112 Å². The molecular weight excluding hydrogens is 240 g/mol. The quantitative estimate of drug-likeness (QED) is 0.664. The highest BCUT2D eigenvalue weighted by Crippen LogP contribution is 2.28. The Kier molecular flexibility index (Phi) is 4.13. The Morgan fingerprint density at radius 2 is 2.26 bits per heavy atom. The number of nitrogens with zero attached hydrogens (tertiary/aromatic N) is 2. The molecule has 0 aliphatic heterocycles. The van der Waals surface area contributed by atoms with Gasteiger partial charge in [-0.05, 0) is 31.1 Å². The van der Waals surface area contributed by atoms with E-state index in [2.05, 4.69) is 16.3 Å². The van der Waals surface area contributed by atoms with E-state index >= 15 is 0 Å². The molecule has 98 valence electrons. The fourth-order valence-electron chi connectivity index (χ4n) is 1.77. The SMILES string of the molecule is COc1cccc(/C=N/N=C(\C)C2=CC=CC2)c1O. The minimum absolute atomic E-state index is 0.0725. The second-order valence-corrected chi connectivity index (χ2v) is 4.15. The molecule has 0 saturated heterocycles. The first-order chi connectivity index (χ1) is 9.22. The van der Waals surface area contributed by atoms with Gasteiger partial charge in [-0.15, -0.1) is 0 Å². The van der Waals surface area contributed by atoms with Gasteiger partial charge in [0.25, 0.3) is 0 Å². The predicted molar refractivity (Wildman–Crippen MR) is 77.2 cm³/mol. The molecule has 0 unspecified atom stereocenters. The van der Waals surface area contributed by atoms with Crippen molar-refractivity contribution >= 4 is 11.9 Å². The van der Waals surface area contributed by atoms with Crippen molar-refractivity contribution < 1.29 is 9.84 Å². The van der Waals surface area contributed by atoms with Crippen molar-refractivity contribution in [2.24, 2.45) is 10.2 Å². The van der Waals surface area contributed by atoms with Crippen LogP contribution in [0.3, 0.4) is 0 Å². The molecule has 2 rings (SSSR count). The summed E-state index contributed by atoms with van der Waals surface area (Å²) in [5, 5.41) is 18.0. The van der Waals surface area contributed by atoms with Gasteiger partial charge in [-0.25, -0.2) is 0 Å². The molecule has 0 radical (unpaired) electrons. The summed E-state index contributed by atoms with van der Waals surface area (Å²) < 4.78 is 5.03. The average Bonchev–Trinajstić information content (AvgIpc) is 2.94. The molecule has 0 aromatic heterocycles.